The fourth-order valence-corrected chi connectivity index (χ4v) is 1.99. The summed E-state index contributed by atoms with van der Waals surface area (Å²) in [7, 11) is -1.41. The highest BCUT2D eigenvalue weighted by Gasteiger charge is 2.19. The number of carbonyl (C=O) groups is 1. The maximum atomic E-state index is 12.6. The SMILES string of the molecule is CC(C(=O)Nc1ccc(F)cc1)S(=O)CCO. The van der Waals surface area contributed by atoms with Crippen molar-refractivity contribution in [2.75, 3.05) is 17.7 Å². The Balaban J connectivity index is 2.59. The highest BCUT2D eigenvalue weighted by atomic mass is 32.2. The lowest BCUT2D eigenvalue weighted by Crippen LogP contribution is -2.30. The quantitative estimate of drug-likeness (QED) is 0.825. The fourth-order valence-electron chi connectivity index (χ4n) is 1.16. The molecule has 1 aromatic carbocycles. The summed E-state index contributed by atoms with van der Waals surface area (Å²) in [5.74, 6) is -0.735. The van der Waals surface area contributed by atoms with Crippen LogP contribution in [0.5, 0.6) is 0 Å². The maximum Gasteiger partial charge on any atom is 0.239 e. The number of halogens is 1. The van der Waals surface area contributed by atoms with Crippen LogP contribution in [0, 0.1) is 5.82 Å². The van der Waals surface area contributed by atoms with E-state index < -0.39 is 22.0 Å². The van der Waals surface area contributed by atoms with Crippen LogP contribution in [0.15, 0.2) is 24.3 Å². The predicted octanol–water partition coefficient (Wildman–Crippen LogP) is 0.894. The molecular formula is C11H14FNO3S. The van der Waals surface area contributed by atoms with E-state index in [4.69, 9.17) is 5.11 Å². The van der Waals surface area contributed by atoms with E-state index in [1.807, 2.05) is 0 Å². The molecule has 0 heterocycles. The average molecular weight is 259 g/mol. The van der Waals surface area contributed by atoms with Gasteiger partial charge in [-0.25, -0.2) is 4.39 Å². The molecule has 0 aliphatic carbocycles. The number of anilines is 1. The van der Waals surface area contributed by atoms with E-state index in [0.29, 0.717) is 5.69 Å². The first kappa shape index (κ1) is 13.8. The van der Waals surface area contributed by atoms with Gasteiger partial charge in [-0.15, -0.1) is 0 Å². The van der Waals surface area contributed by atoms with E-state index in [0.717, 1.165) is 0 Å². The van der Waals surface area contributed by atoms with Crippen molar-refractivity contribution in [1.29, 1.82) is 0 Å². The highest BCUT2D eigenvalue weighted by molar-refractivity contribution is 7.86. The smallest absolute Gasteiger partial charge is 0.239 e. The fraction of sp³-hybridized carbons (Fsp3) is 0.364. The molecule has 0 saturated heterocycles. The highest BCUT2D eigenvalue weighted by Crippen LogP contribution is 2.09. The Morgan fingerprint density at radius 2 is 2.06 bits per heavy atom. The molecule has 2 unspecified atom stereocenters. The number of nitrogens with one attached hydrogen (secondary N) is 1. The van der Waals surface area contributed by atoms with Crippen LogP contribution in [-0.4, -0.2) is 32.8 Å². The van der Waals surface area contributed by atoms with Gasteiger partial charge in [0.15, 0.2) is 0 Å². The van der Waals surface area contributed by atoms with Gasteiger partial charge < -0.3 is 10.4 Å². The third-order valence-corrected chi connectivity index (χ3v) is 3.76. The molecule has 1 aromatic rings. The van der Waals surface area contributed by atoms with Gasteiger partial charge in [-0.1, -0.05) is 0 Å². The van der Waals surface area contributed by atoms with E-state index in [2.05, 4.69) is 5.32 Å². The molecule has 0 radical (unpaired) electrons. The molecule has 2 atom stereocenters. The van der Waals surface area contributed by atoms with Crippen LogP contribution < -0.4 is 5.32 Å². The third-order valence-electron chi connectivity index (χ3n) is 2.17. The molecule has 0 aliphatic heterocycles. The van der Waals surface area contributed by atoms with E-state index >= 15 is 0 Å². The average Bonchev–Trinajstić information content (AvgIpc) is 2.31. The molecule has 94 valence electrons. The number of amides is 1. The molecule has 0 aromatic heterocycles. The number of carbonyl (C=O) groups excluding carboxylic acids is 1. The Kier molecular flexibility index (Phi) is 5.24. The van der Waals surface area contributed by atoms with Crippen LogP contribution in [0.1, 0.15) is 6.92 Å². The summed E-state index contributed by atoms with van der Waals surface area (Å²) < 4.78 is 24.1. The normalized spacial score (nSPS) is 14.1. The summed E-state index contributed by atoms with van der Waals surface area (Å²) in [6.45, 7) is 1.30. The van der Waals surface area contributed by atoms with Crippen molar-refractivity contribution in [3.8, 4) is 0 Å². The molecule has 17 heavy (non-hydrogen) atoms. The van der Waals surface area contributed by atoms with Gasteiger partial charge in [0.1, 0.15) is 11.1 Å². The van der Waals surface area contributed by atoms with Gasteiger partial charge >= 0.3 is 0 Å². The number of benzene rings is 1. The van der Waals surface area contributed by atoms with Crippen LogP contribution in [0.3, 0.4) is 0 Å². The molecular weight excluding hydrogens is 245 g/mol. The van der Waals surface area contributed by atoms with Crippen LogP contribution in [0.4, 0.5) is 10.1 Å². The molecule has 6 heteroatoms. The van der Waals surface area contributed by atoms with E-state index in [1.54, 1.807) is 0 Å². The van der Waals surface area contributed by atoms with Gasteiger partial charge in [-0.3, -0.25) is 9.00 Å². The Morgan fingerprint density at radius 1 is 1.47 bits per heavy atom. The summed E-state index contributed by atoms with van der Waals surface area (Å²) in [5, 5.41) is 10.4. The summed E-state index contributed by atoms with van der Waals surface area (Å²) in [6, 6.07) is 5.31. The Morgan fingerprint density at radius 3 is 2.59 bits per heavy atom. The summed E-state index contributed by atoms with van der Waals surface area (Å²) in [6.07, 6.45) is 0. The lowest BCUT2D eigenvalue weighted by molar-refractivity contribution is -0.115. The van der Waals surface area contributed by atoms with E-state index in [-0.39, 0.29) is 18.2 Å². The molecule has 4 nitrogen and oxygen atoms in total. The molecule has 0 bridgehead atoms. The summed E-state index contributed by atoms with van der Waals surface area (Å²) >= 11 is 0. The third kappa shape index (κ3) is 4.24. The molecule has 1 rings (SSSR count). The van der Waals surface area contributed by atoms with Crippen molar-refractivity contribution in [3.63, 3.8) is 0 Å². The number of rotatable bonds is 5. The van der Waals surface area contributed by atoms with Gasteiger partial charge in [0.25, 0.3) is 0 Å². The van der Waals surface area contributed by atoms with Gasteiger partial charge in [0, 0.05) is 22.2 Å². The lowest BCUT2D eigenvalue weighted by Gasteiger charge is -2.11. The topological polar surface area (TPSA) is 66.4 Å². The first-order valence-electron chi connectivity index (χ1n) is 5.09. The number of hydrogen-bond donors (Lipinski definition) is 2. The van der Waals surface area contributed by atoms with Gasteiger partial charge in [-0.05, 0) is 31.2 Å². The van der Waals surface area contributed by atoms with Crippen molar-refractivity contribution in [3.05, 3.63) is 30.1 Å². The van der Waals surface area contributed by atoms with Gasteiger partial charge in [-0.2, -0.15) is 0 Å². The zero-order valence-corrected chi connectivity index (χ0v) is 10.2. The largest absolute Gasteiger partial charge is 0.395 e. The number of hydrogen-bond acceptors (Lipinski definition) is 3. The Labute approximate surface area is 101 Å². The van der Waals surface area contributed by atoms with Gasteiger partial charge in [0.05, 0.1) is 6.61 Å². The zero-order chi connectivity index (χ0) is 12.8. The zero-order valence-electron chi connectivity index (χ0n) is 9.35. The van der Waals surface area contributed by atoms with Crippen molar-refractivity contribution >= 4 is 22.4 Å². The van der Waals surface area contributed by atoms with Gasteiger partial charge in [0.2, 0.25) is 5.91 Å². The van der Waals surface area contributed by atoms with Crippen molar-refractivity contribution in [1.82, 2.24) is 0 Å². The minimum Gasteiger partial charge on any atom is -0.395 e. The van der Waals surface area contributed by atoms with Crippen LogP contribution in [-0.2, 0) is 15.6 Å². The second-order valence-corrected chi connectivity index (χ2v) is 5.32. The van der Waals surface area contributed by atoms with E-state index in [9.17, 15) is 13.4 Å². The van der Waals surface area contributed by atoms with Crippen molar-refractivity contribution in [2.45, 2.75) is 12.2 Å². The molecule has 0 spiro atoms. The lowest BCUT2D eigenvalue weighted by atomic mass is 10.3. The summed E-state index contributed by atoms with van der Waals surface area (Å²) in [4.78, 5) is 11.6. The van der Waals surface area contributed by atoms with Crippen LogP contribution in [0.25, 0.3) is 0 Å². The molecule has 1 amide bonds. The minimum atomic E-state index is -1.41. The Hall–Kier alpha value is -1.27. The Bertz CT molecular complexity index is 408. The molecule has 0 aliphatic rings. The van der Waals surface area contributed by atoms with Crippen molar-refractivity contribution in [2.24, 2.45) is 0 Å². The van der Waals surface area contributed by atoms with Crippen LogP contribution in [0.2, 0.25) is 0 Å². The second kappa shape index (κ2) is 6.46. The molecule has 0 saturated carbocycles. The summed E-state index contributed by atoms with van der Waals surface area (Å²) in [5.41, 5.74) is 0.448. The van der Waals surface area contributed by atoms with Crippen molar-refractivity contribution < 1.29 is 18.5 Å². The molecule has 0 fully saturated rings. The minimum absolute atomic E-state index is 0.0675. The number of aliphatic hydroxyl groups is 1. The first-order valence-corrected chi connectivity index (χ1v) is 6.47. The monoisotopic (exact) mass is 259 g/mol. The second-order valence-electron chi connectivity index (χ2n) is 3.45. The predicted molar refractivity (Wildman–Crippen MR) is 64.6 cm³/mol. The maximum absolute atomic E-state index is 12.6. The van der Waals surface area contributed by atoms with Crippen LogP contribution >= 0.6 is 0 Å². The number of aliphatic hydroxyl groups excluding tert-OH is 1. The van der Waals surface area contributed by atoms with E-state index in [1.165, 1.54) is 31.2 Å². The first-order chi connectivity index (χ1) is 8.04. The standard InChI is InChI=1S/C11H14FNO3S/c1-8(17(16)7-6-14)11(15)13-10-4-2-9(12)3-5-10/h2-5,8,14H,6-7H2,1H3,(H,13,15). The molecule has 2 N–H and O–H groups in total.